The number of H-pyrrole nitrogens is 1. The van der Waals surface area contributed by atoms with Crippen molar-refractivity contribution in [1.82, 2.24) is 4.98 Å². The normalized spacial score (nSPS) is 12.0. The summed E-state index contributed by atoms with van der Waals surface area (Å²) in [5.74, 6) is 0. The molecule has 0 atom stereocenters. The van der Waals surface area contributed by atoms with E-state index < -0.39 is 0 Å². The molecule has 2 heteroatoms. The molecule has 0 aliphatic carbocycles. The van der Waals surface area contributed by atoms with Crippen molar-refractivity contribution in [3.8, 4) is 33.4 Å². The van der Waals surface area contributed by atoms with Crippen molar-refractivity contribution >= 4 is 59.4 Å². The van der Waals surface area contributed by atoms with Crippen molar-refractivity contribution in [2.45, 2.75) is 20.3 Å². The zero-order valence-corrected chi connectivity index (χ0v) is 25.1. The summed E-state index contributed by atoms with van der Waals surface area (Å²) in [7, 11) is 0. The van der Waals surface area contributed by atoms with E-state index in [9.17, 15) is 0 Å². The second kappa shape index (κ2) is 10.4. The first kappa shape index (κ1) is 25.8. The first-order valence-electron chi connectivity index (χ1n) is 15.0. The summed E-state index contributed by atoms with van der Waals surface area (Å²) in [6, 6.07) is 44.8. The highest BCUT2D eigenvalue weighted by atomic mass is 32.1. The van der Waals surface area contributed by atoms with Crippen LogP contribution in [0.25, 0.3) is 81.4 Å². The third kappa shape index (κ3) is 4.38. The van der Waals surface area contributed by atoms with Crippen LogP contribution >= 0.6 is 11.3 Å². The number of benzene rings is 6. The minimum atomic E-state index is 1.01. The Morgan fingerprint density at radius 1 is 0.581 bits per heavy atom. The van der Waals surface area contributed by atoms with Gasteiger partial charge in [0.1, 0.15) is 0 Å². The number of allylic oxidation sites excluding steroid dienone is 1. The molecular formula is C41H31NS. The lowest BCUT2D eigenvalue weighted by Gasteiger charge is -2.09. The Balaban J connectivity index is 1.20. The van der Waals surface area contributed by atoms with Gasteiger partial charge in [-0.1, -0.05) is 104 Å². The second-order valence-electron chi connectivity index (χ2n) is 11.3. The third-order valence-electron chi connectivity index (χ3n) is 8.70. The molecule has 1 nitrogen and oxygen atoms in total. The molecule has 0 unspecified atom stereocenters. The predicted octanol–water partition coefficient (Wildman–Crippen LogP) is 12.3. The summed E-state index contributed by atoms with van der Waals surface area (Å²) in [5.41, 5.74) is 12.4. The number of aromatic nitrogens is 1. The standard InChI is InChI=1S/C41H31NS/c1-3-10-27-24-38-37(23-26(27)4-2)36-17-9-16-33(41(36)42-38)32-14-8-13-30(22-32)28-11-7-12-29(21-28)31-19-20-35-34-15-5-6-18-39(34)43-40(35)25-31/h3,5-25,42H,4H2,1-2H3/b10-3-. The second-order valence-corrected chi connectivity index (χ2v) is 12.4. The summed E-state index contributed by atoms with van der Waals surface area (Å²) >= 11 is 1.87. The van der Waals surface area contributed by atoms with Crippen molar-refractivity contribution in [1.29, 1.82) is 0 Å². The number of hydrogen-bond acceptors (Lipinski definition) is 1. The van der Waals surface area contributed by atoms with E-state index in [0.29, 0.717) is 0 Å². The van der Waals surface area contributed by atoms with Gasteiger partial charge in [-0.25, -0.2) is 0 Å². The van der Waals surface area contributed by atoms with Crippen LogP contribution < -0.4 is 0 Å². The first-order chi connectivity index (χ1) is 21.2. The number of thiophene rings is 1. The Kier molecular flexibility index (Phi) is 6.24. The Bertz CT molecular complexity index is 2350. The Morgan fingerprint density at radius 2 is 1.26 bits per heavy atom. The SMILES string of the molecule is C/C=C\c1cc2[nH]c3c(-c4cccc(-c5cccc(-c6ccc7c(c6)sc6ccccc67)c5)c4)cccc3c2cc1CC. The van der Waals surface area contributed by atoms with Crippen molar-refractivity contribution < 1.29 is 0 Å². The topological polar surface area (TPSA) is 15.8 Å². The van der Waals surface area contributed by atoms with E-state index in [4.69, 9.17) is 0 Å². The molecule has 0 fully saturated rings. The van der Waals surface area contributed by atoms with Crippen LogP contribution in [0.1, 0.15) is 25.0 Å². The number of aryl methyl sites for hydroxylation is 1. The van der Waals surface area contributed by atoms with Crippen LogP contribution in [0.5, 0.6) is 0 Å². The molecule has 206 valence electrons. The van der Waals surface area contributed by atoms with Gasteiger partial charge < -0.3 is 4.98 Å². The fourth-order valence-corrected chi connectivity index (χ4v) is 7.71. The molecule has 0 aliphatic rings. The lowest BCUT2D eigenvalue weighted by Crippen LogP contribution is -1.86. The fraction of sp³-hybridized carbons (Fsp3) is 0.0732. The predicted molar refractivity (Wildman–Crippen MR) is 189 cm³/mol. The van der Waals surface area contributed by atoms with E-state index in [0.717, 1.165) is 6.42 Å². The number of hydrogen-bond donors (Lipinski definition) is 1. The number of fused-ring (bicyclic) bond motifs is 6. The minimum absolute atomic E-state index is 1.01. The van der Waals surface area contributed by atoms with Gasteiger partial charge in [0.2, 0.25) is 0 Å². The molecule has 0 bridgehead atoms. The van der Waals surface area contributed by atoms with Crippen molar-refractivity contribution in [2.24, 2.45) is 0 Å². The van der Waals surface area contributed by atoms with Gasteiger partial charge in [-0.15, -0.1) is 11.3 Å². The highest BCUT2D eigenvalue weighted by Gasteiger charge is 2.13. The van der Waals surface area contributed by atoms with Crippen LogP contribution in [-0.2, 0) is 6.42 Å². The molecule has 1 N–H and O–H groups in total. The van der Waals surface area contributed by atoms with Gasteiger partial charge >= 0.3 is 0 Å². The number of rotatable bonds is 5. The summed E-state index contributed by atoms with van der Waals surface area (Å²) in [6.45, 7) is 4.32. The lowest BCUT2D eigenvalue weighted by molar-refractivity contribution is 1.14. The van der Waals surface area contributed by atoms with Gasteiger partial charge in [0.15, 0.2) is 0 Å². The summed E-state index contributed by atoms with van der Waals surface area (Å²) in [6.07, 6.45) is 5.35. The molecule has 43 heavy (non-hydrogen) atoms. The van der Waals surface area contributed by atoms with Gasteiger partial charge in [0, 0.05) is 42.0 Å². The van der Waals surface area contributed by atoms with Crippen LogP contribution in [0.2, 0.25) is 0 Å². The largest absolute Gasteiger partial charge is 0.354 e. The Morgan fingerprint density at radius 3 is 2.05 bits per heavy atom. The maximum Gasteiger partial charge on any atom is 0.0544 e. The maximum absolute atomic E-state index is 3.78. The van der Waals surface area contributed by atoms with Crippen LogP contribution in [0.15, 0.2) is 127 Å². The lowest BCUT2D eigenvalue weighted by atomic mass is 9.95. The fourth-order valence-electron chi connectivity index (χ4n) is 6.57. The number of aromatic amines is 1. The minimum Gasteiger partial charge on any atom is -0.354 e. The third-order valence-corrected chi connectivity index (χ3v) is 9.84. The van der Waals surface area contributed by atoms with E-state index in [1.165, 1.54) is 86.5 Å². The monoisotopic (exact) mass is 569 g/mol. The van der Waals surface area contributed by atoms with Crippen molar-refractivity contribution in [2.75, 3.05) is 0 Å². The molecule has 2 aromatic heterocycles. The molecule has 8 rings (SSSR count). The zero-order valence-electron chi connectivity index (χ0n) is 24.3. The van der Waals surface area contributed by atoms with E-state index >= 15 is 0 Å². The Labute approximate surface area is 255 Å². The molecule has 0 radical (unpaired) electrons. The van der Waals surface area contributed by atoms with Gasteiger partial charge in [-0.2, -0.15) is 0 Å². The van der Waals surface area contributed by atoms with E-state index in [1.54, 1.807) is 0 Å². The summed E-state index contributed by atoms with van der Waals surface area (Å²) in [4.78, 5) is 3.78. The first-order valence-corrected chi connectivity index (χ1v) is 15.8. The van der Waals surface area contributed by atoms with Crippen LogP contribution in [0, 0.1) is 0 Å². The van der Waals surface area contributed by atoms with Gasteiger partial charge in [0.05, 0.1) is 5.52 Å². The van der Waals surface area contributed by atoms with E-state index in [1.807, 2.05) is 11.3 Å². The highest BCUT2D eigenvalue weighted by Crippen LogP contribution is 2.38. The summed E-state index contributed by atoms with van der Waals surface area (Å²) < 4.78 is 2.68. The average Bonchev–Trinajstić information content (AvgIpc) is 3.62. The number of para-hydroxylation sites is 1. The molecule has 0 amide bonds. The molecule has 6 aromatic carbocycles. The molecule has 0 spiro atoms. The van der Waals surface area contributed by atoms with Gasteiger partial charge in [-0.05, 0) is 88.7 Å². The van der Waals surface area contributed by atoms with Gasteiger partial charge in [-0.3, -0.25) is 0 Å². The van der Waals surface area contributed by atoms with Crippen molar-refractivity contribution in [3.63, 3.8) is 0 Å². The molecule has 8 aromatic rings. The molecule has 0 saturated carbocycles. The van der Waals surface area contributed by atoms with Crippen LogP contribution in [-0.4, -0.2) is 4.98 Å². The molecule has 0 aliphatic heterocycles. The maximum atomic E-state index is 3.78. The quantitative estimate of drug-likeness (QED) is 0.212. The zero-order chi connectivity index (χ0) is 28.9. The number of nitrogens with one attached hydrogen (secondary N) is 1. The smallest absolute Gasteiger partial charge is 0.0544 e. The van der Waals surface area contributed by atoms with Crippen molar-refractivity contribution in [3.05, 3.63) is 139 Å². The van der Waals surface area contributed by atoms with E-state index in [-0.39, 0.29) is 0 Å². The van der Waals surface area contributed by atoms with Gasteiger partial charge in [0.25, 0.3) is 0 Å². The van der Waals surface area contributed by atoms with Crippen LogP contribution in [0.3, 0.4) is 0 Å². The summed E-state index contributed by atoms with van der Waals surface area (Å²) in [5, 5.41) is 5.25. The van der Waals surface area contributed by atoms with Crippen LogP contribution in [0.4, 0.5) is 0 Å². The van der Waals surface area contributed by atoms with E-state index in [2.05, 4.69) is 152 Å². The molecule has 0 saturated heterocycles. The molecular weight excluding hydrogens is 539 g/mol. The molecule has 2 heterocycles. The Hall–Kier alpha value is -4.92. The highest BCUT2D eigenvalue weighted by molar-refractivity contribution is 7.25. The average molecular weight is 570 g/mol.